The summed E-state index contributed by atoms with van der Waals surface area (Å²) in [7, 11) is 0. The monoisotopic (exact) mass is 377 g/mol. The standard InChI is InChI=1S/C20H31N3O4/c1-8-27-18(25)16-11(2)15(12(3)21-16)17(24)13(4)23(14-9-10-14)19(26)22-20(5,6)7/h13-14,21H,8-10H2,1-7H3,(H,22,26). The largest absolute Gasteiger partial charge is 0.461 e. The maximum atomic E-state index is 13.2. The van der Waals surface area contributed by atoms with E-state index >= 15 is 0 Å². The molecule has 1 aromatic rings. The normalized spacial score (nSPS) is 15.2. The average Bonchev–Trinajstić information content (AvgIpc) is 3.30. The molecule has 2 rings (SSSR count). The zero-order valence-electron chi connectivity index (χ0n) is 17.4. The molecule has 7 nitrogen and oxygen atoms in total. The van der Waals surface area contributed by atoms with Crippen LogP contribution in [0.5, 0.6) is 0 Å². The van der Waals surface area contributed by atoms with Crippen molar-refractivity contribution in [2.24, 2.45) is 0 Å². The number of aryl methyl sites for hydroxylation is 1. The van der Waals surface area contributed by atoms with Crippen molar-refractivity contribution in [3.05, 3.63) is 22.5 Å². The number of hydrogen-bond acceptors (Lipinski definition) is 4. The van der Waals surface area contributed by atoms with Crippen LogP contribution in [0, 0.1) is 13.8 Å². The summed E-state index contributed by atoms with van der Waals surface area (Å²) in [6.45, 7) is 13.0. The minimum absolute atomic E-state index is 0.0791. The zero-order valence-corrected chi connectivity index (χ0v) is 17.4. The van der Waals surface area contributed by atoms with Crippen molar-refractivity contribution >= 4 is 17.8 Å². The lowest BCUT2D eigenvalue weighted by Crippen LogP contribution is -2.54. The third-order valence-corrected chi connectivity index (χ3v) is 4.62. The summed E-state index contributed by atoms with van der Waals surface area (Å²) in [5, 5.41) is 2.95. The molecule has 1 saturated carbocycles. The molecule has 0 radical (unpaired) electrons. The molecule has 7 heteroatoms. The molecule has 2 N–H and O–H groups in total. The van der Waals surface area contributed by atoms with Crippen LogP contribution < -0.4 is 5.32 Å². The zero-order chi connectivity index (χ0) is 20.5. The van der Waals surface area contributed by atoms with E-state index < -0.39 is 12.0 Å². The summed E-state index contributed by atoms with van der Waals surface area (Å²) in [6, 6.07) is -0.777. The Morgan fingerprint density at radius 2 is 1.85 bits per heavy atom. The van der Waals surface area contributed by atoms with Crippen LogP contribution in [0.1, 0.15) is 79.6 Å². The Labute approximate surface area is 160 Å². The number of amides is 2. The number of H-pyrrole nitrogens is 1. The first-order chi connectivity index (χ1) is 12.5. The fraction of sp³-hybridized carbons (Fsp3) is 0.650. The van der Waals surface area contributed by atoms with Crippen molar-refractivity contribution in [2.75, 3.05) is 6.61 Å². The smallest absolute Gasteiger partial charge is 0.355 e. The number of hydrogen-bond donors (Lipinski definition) is 2. The van der Waals surface area contributed by atoms with E-state index in [0.717, 1.165) is 12.8 Å². The minimum atomic E-state index is -0.622. The number of carbonyl (C=O) groups excluding carboxylic acids is 3. The second kappa shape index (κ2) is 7.74. The van der Waals surface area contributed by atoms with Gasteiger partial charge in [-0.05, 0) is 66.9 Å². The summed E-state index contributed by atoms with van der Waals surface area (Å²) in [4.78, 5) is 42.7. The Bertz CT molecular complexity index is 741. The molecule has 2 amide bonds. The van der Waals surface area contributed by atoms with Crippen molar-refractivity contribution in [1.29, 1.82) is 0 Å². The first-order valence-electron chi connectivity index (χ1n) is 9.48. The average molecular weight is 377 g/mol. The maximum absolute atomic E-state index is 13.2. The van der Waals surface area contributed by atoms with Gasteiger partial charge in [-0.3, -0.25) is 4.79 Å². The lowest BCUT2D eigenvalue weighted by atomic mass is 9.99. The second-order valence-electron chi connectivity index (χ2n) is 8.20. The topological polar surface area (TPSA) is 91.5 Å². The van der Waals surface area contributed by atoms with Crippen LogP contribution in [-0.4, -0.2) is 51.9 Å². The third-order valence-electron chi connectivity index (χ3n) is 4.62. The van der Waals surface area contributed by atoms with Crippen LogP contribution in [0.3, 0.4) is 0 Å². The molecule has 1 unspecified atom stereocenters. The second-order valence-corrected chi connectivity index (χ2v) is 8.20. The number of Topliss-reactive ketones (excluding diaryl/α,β-unsaturated/α-hetero) is 1. The molecule has 1 fully saturated rings. The molecule has 1 aliphatic rings. The summed E-state index contributed by atoms with van der Waals surface area (Å²) in [5.74, 6) is -0.651. The number of nitrogens with zero attached hydrogens (tertiary/aromatic N) is 1. The van der Waals surface area contributed by atoms with Gasteiger partial charge in [0, 0.05) is 22.8 Å². The summed E-state index contributed by atoms with van der Waals surface area (Å²) >= 11 is 0. The molecule has 0 bridgehead atoms. The number of esters is 1. The number of ketones is 1. The fourth-order valence-electron chi connectivity index (χ4n) is 3.26. The van der Waals surface area contributed by atoms with E-state index in [2.05, 4.69) is 10.3 Å². The van der Waals surface area contributed by atoms with Gasteiger partial charge in [-0.1, -0.05) is 0 Å². The highest BCUT2D eigenvalue weighted by atomic mass is 16.5. The van der Waals surface area contributed by atoms with Crippen LogP contribution >= 0.6 is 0 Å². The Morgan fingerprint density at radius 1 is 1.26 bits per heavy atom. The van der Waals surface area contributed by atoms with E-state index in [9.17, 15) is 14.4 Å². The van der Waals surface area contributed by atoms with E-state index in [1.807, 2.05) is 20.8 Å². The number of ether oxygens (including phenoxy) is 1. The number of aromatic amines is 1. The van der Waals surface area contributed by atoms with Crippen molar-refractivity contribution in [1.82, 2.24) is 15.2 Å². The van der Waals surface area contributed by atoms with Crippen LogP contribution in [0.25, 0.3) is 0 Å². The Hall–Kier alpha value is -2.31. The lowest BCUT2D eigenvalue weighted by Gasteiger charge is -2.32. The van der Waals surface area contributed by atoms with Crippen molar-refractivity contribution in [2.45, 2.75) is 78.9 Å². The van der Waals surface area contributed by atoms with Crippen LogP contribution in [-0.2, 0) is 4.74 Å². The van der Waals surface area contributed by atoms with Crippen molar-refractivity contribution in [3.63, 3.8) is 0 Å². The molecular weight excluding hydrogens is 346 g/mol. The van der Waals surface area contributed by atoms with E-state index in [4.69, 9.17) is 4.74 Å². The first-order valence-corrected chi connectivity index (χ1v) is 9.48. The van der Waals surface area contributed by atoms with Gasteiger partial charge >= 0.3 is 12.0 Å². The number of nitrogens with one attached hydrogen (secondary N) is 2. The van der Waals surface area contributed by atoms with Crippen molar-refractivity contribution < 1.29 is 19.1 Å². The van der Waals surface area contributed by atoms with Gasteiger partial charge in [0.05, 0.1) is 12.6 Å². The molecule has 0 spiro atoms. The van der Waals surface area contributed by atoms with Gasteiger partial charge in [0.1, 0.15) is 5.69 Å². The predicted molar refractivity (Wildman–Crippen MR) is 103 cm³/mol. The van der Waals surface area contributed by atoms with Gasteiger partial charge in [0.15, 0.2) is 5.78 Å². The molecule has 0 saturated heterocycles. The van der Waals surface area contributed by atoms with Crippen LogP contribution in [0.2, 0.25) is 0 Å². The Morgan fingerprint density at radius 3 is 2.33 bits per heavy atom. The number of carbonyl (C=O) groups is 3. The lowest BCUT2D eigenvalue weighted by molar-refractivity contribution is 0.0519. The molecule has 1 aliphatic carbocycles. The van der Waals surface area contributed by atoms with Crippen LogP contribution in [0.4, 0.5) is 4.79 Å². The van der Waals surface area contributed by atoms with E-state index in [0.29, 0.717) is 22.5 Å². The van der Waals surface area contributed by atoms with Crippen LogP contribution in [0.15, 0.2) is 0 Å². The number of urea groups is 1. The summed E-state index contributed by atoms with van der Waals surface area (Å²) in [6.07, 6.45) is 1.79. The molecule has 0 aliphatic heterocycles. The fourth-order valence-corrected chi connectivity index (χ4v) is 3.26. The summed E-state index contributed by atoms with van der Waals surface area (Å²) < 4.78 is 5.05. The van der Waals surface area contributed by atoms with Gasteiger partial charge in [0.25, 0.3) is 0 Å². The molecule has 1 aromatic heterocycles. The Kier molecular flexibility index (Phi) is 6.02. The highest BCUT2D eigenvalue weighted by molar-refractivity contribution is 6.06. The van der Waals surface area contributed by atoms with E-state index in [1.54, 1.807) is 32.6 Å². The number of aromatic nitrogens is 1. The third kappa shape index (κ3) is 4.70. The SMILES string of the molecule is CCOC(=O)c1[nH]c(C)c(C(=O)C(C)N(C(=O)NC(C)(C)C)C2CC2)c1C. The summed E-state index contributed by atoms with van der Waals surface area (Å²) in [5.41, 5.74) is 1.54. The molecule has 1 atom stereocenters. The maximum Gasteiger partial charge on any atom is 0.355 e. The number of rotatable bonds is 6. The minimum Gasteiger partial charge on any atom is -0.461 e. The molecular formula is C20H31N3O4. The molecule has 27 heavy (non-hydrogen) atoms. The molecule has 150 valence electrons. The first kappa shape index (κ1) is 21.0. The quantitative estimate of drug-likeness (QED) is 0.587. The highest BCUT2D eigenvalue weighted by Crippen LogP contribution is 2.31. The van der Waals surface area contributed by atoms with Gasteiger partial charge in [-0.25, -0.2) is 9.59 Å². The van der Waals surface area contributed by atoms with Gasteiger partial charge in [-0.15, -0.1) is 0 Å². The van der Waals surface area contributed by atoms with Crippen molar-refractivity contribution in [3.8, 4) is 0 Å². The highest BCUT2D eigenvalue weighted by Gasteiger charge is 2.40. The van der Waals surface area contributed by atoms with E-state index in [1.165, 1.54) is 0 Å². The van der Waals surface area contributed by atoms with Gasteiger partial charge in [-0.2, -0.15) is 0 Å². The predicted octanol–water partition coefficient (Wildman–Crippen LogP) is 3.35. The Balaban J connectivity index is 2.30. The van der Waals surface area contributed by atoms with Gasteiger partial charge < -0.3 is 19.9 Å². The van der Waals surface area contributed by atoms with Gasteiger partial charge in [0.2, 0.25) is 0 Å². The van der Waals surface area contributed by atoms with E-state index in [-0.39, 0.29) is 30.0 Å². The molecule has 1 heterocycles. The molecule has 0 aromatic carbocycles.